The molecule has 39 heavy (non-hydrogen) atoms. The molecule has 0 spiro atoms. The van der Waals surface area contributed by atoms with Crippen LogP contribution in [0.15, 0.2) is 82.0 Å². The molecule has 0 radical (unpaired) electrons. The average Bonchev–Trinajstić information content (AvgIpc) is 3.54. The zero-order chi connectivity index (χ0) is 26.9. The van der Waals surface area contributed by atoms with Gasteiger partial charge in [0.15, 0.2) is 5.58 Å². The van der Waals surface area contributed by atoms with Gasteiger partial charge in [-0.25, -0.2) is 9.78 Å². The molecule has 0 atom stereocenters. The van der Waals surface area contributed by atoms with E-state index in [2.05, 4.69) is 31.2 Å². The number of carbonyl (C=O) groups is 1. The van der Waals surface area contributed by atoms with E-state index in [0.717, 1.165) is 45.1 Å². The molecule has 0 unspecified atom stereocenters. The number of aryl methyl sites for hydroxylation is 2. The predicted octanol–water partition coefficient (Wildman–Crippen LogP) is 7.14. The van der Waals surface area contributed by atoms with Gasteiger partial charge in [0.25, 0.3) is 0 Å². The number of rotatable bonds is 6. The number of carbonyl (C=O) groups excluding carboxylic acids is 1. The Kier molecular flexibility index (Phi) is 7.11. The number of fused-ring (bicyclic) bond motifs is 1. The maximum Gasteiger partial charge on any atom is 0.419 e. The largest absolute Gasteiger partial charge is 0.419 e. The van der Waals surface area contributed by atoms with Gasteiger partial charge < -0.3 is 9.32 Å². The Morgan fingerprint density at radius 2 is 1.69 bits per heavy atom. The van der Waals surface area contributed by atoms with Crippen molar-refractivity contribution < 1.29 is 9.21 Å². The van der Waals surface area contributed by atoms with Gasteiger partial charge in [-0.2, -0.15) is 0 Å². The van der Waals surface area contributed by atoms with Gasteiger partial charge in [0, 0.05) is 42.6 Å². The molecule has 6 rings (SSSR count). The van der Waals surface area contributed by atoms with Crippen LogP contribution >= 0.6 is 22.9 Å². The molecule has 1 saturated heterocycles. The molecule has 1 aliphatic heterocycles. The number of nitrogens with zero attached hydrogens (tertiary/aromatic N) is 3. The summed E-state index contributed by atoms with van der Waals surface area (Å²) in [6, 6.07) is 23.7. The Bertz CT molecular complexity index is 1610. The van der Waals surface area contributed by atoms with Crippen LogP contribution < -0.4 is 5.76 Å². The van der Waals surface area contributed by atoms with Crippen molar-refractivity contribution in [3.8, 4) is 21.7 Å². The molecule has 3 aromatic carbocycles. The van der Waals surface area contributed by atoms with E-state index in [1.807, 2.05) is 47.4 Å². The highest BCUT2D eigenvalue weighted by molar-refractivity contribution is 7.15. The number of hydrogen-bond acceptors (Lipinski definition) is 5. The van der Waals surface area contributed by atoms with Crippen molar-refractivity contribution in [2.75, 3.05) is 13.1 Å². The molecule has 1 aliphatic rings. The second kappa shape index (κ2) is 10.8. The van der Waals surface area contributed by atoms with Crippen molar-refractivity contribution in [1.29, 1.82) is 0 Å². The first kappa shape index (κ1) is 25.6. The lowest BCUT2D eigenvalue weighted by Crippen LogP contribution is -2.38. The molecule has 0 N–H and O–H groups in total. The minimum Gasteiger partial charge on any atom is -0.408 e. The normalized spacial score (nSPS) is 14.3. The number of thiazole rings is 1. The first-order chi connectivity index (χ1) is 19.0. The van der Waals surface area contributed by atoms with Crippen LogP contribution in [0, 0.1) is 6.92 Å². The number of hydrogen-bond donors (Lipinski definition) is 0. The summed E-state index contributed by atoms with van der Waals surface area (Å²) in [5.41, 5.74) is 5.67. The summed E-state index contributed by atoms with van der Waals surface area (Å²) < 4.78 is 6.84. The summed E-state index contributed by atoms with van der Waals surface area (Å²) in [7, 11) is 0. The van der Waals surface area contributed by atoms with Gasteiger partial charge in [-0.3, -0.25) is 9.36 Å². The summed E-state index contributed by atoms with van der Waals surface area (Å²) in [6.07, 6.45) is 1.99. The second-order valence-electron chi connectivity index (χ2n) is 10.00. The molecule has 2 aromatic heterocycles. The van der Waals surface area contributed by atoms with Crippen molar-refractivity contribution in [1.82, 2.24) is 14.5 Å². The molecule has 0 bridgehead atoms. The zero-order valence-corrected chi connectivity index (χ0v) is 23.2. The fraction of sp³-hybridized carbons (Fsp3) is 0.258. The van der Waals surface area contributed by atoms with Crippen molar-refractivity contribution in [2.24, 2.45) is 0 Å². The highest BCUT2D eigenvalue weighted by Crippen LogP contribution is 2.42. The third-order valence-electron chi connectivity index (χ3n) is 7.40. The number of oxazole rings is 1. The number of halogens is 1. The number of piperidine rings is 1. The smallest absolute Gasteiger partial charge is 0.408 e. The Morgan fingerprint density at radius 1 is 1.00 bits per heavy atom. The van der Waals surface area contributed by atoms with Crippen LogP contribution in [-0.2, 0) is 11.3 Å². The van der Waals surface area contributed by atoms with Gasteiger partial charge >= 0.3 is 5.76 Å². The zero-order valence-electron chi connectivity index (χ0n) is 21.6. The van der Waals surface area contributed by atoms with Gasteiger partial charge in [0.05, 0.1) is 21.1 Å². The SMILES string of the molecule is Cc1ccc(-c2sc(C3CCN(C(=O)CCn4c(=O)oc5ccccc54)CC3)nc2-c2ccc(Cl)cc2)cc1. The molecule has 6 nitrogen and oxygen atoms in total. The lowest BCUT2D eigenvalue weighted by Gasteiger charge is -2.31. The molecular weight excluding hydrogens is 530 g/mol. The number of para-hydroxylation sites is 2. The van der Waals surface area contributed by atoms with Gasteiger partial charge in [0.2, 0.25) is 5.91 Å². The molecule has 3 heterocycles. The number of aromatic nitrogens is 2. The van der Waals surface area contributed by atoms with Crippen molar-refractivity contribution in [3.05, 3.63) is 98.9 Å². The van der Waals surface area contributed by atoms with Gasteiger partial charge in [0.1, 0.15) is 0 Å². The molecule has 0 saturated carbocycles. The van der Waals surface area contributed by atoms with Crippen LogP contribution in [0.5, 0.6) is 0 Å². The van der Waals surface area contributed by atoms with E-state index in [9.17, 15) is 9.59 Å². The molecule has 1 amide bonds. The minimum absolute atomic E-state index is 0.0620. The van der Waals surface area contributed by atoms with E-state index >= 15 is 0 Å². The van der Waals surface area contributed by atoms with E-state index < -0.39 is 5.76 Å². The summed E-state index contributed by atoms with van der Waals surface area (Å²) in [5.74, 6) is -0.0657. The minimum atomic E-state index is -0.424. The quantitative estimate of drug-likeness (QED) is 0.222. The van der Waals surface area contributed by atoms with Gasteiger partial charge in [-0.1, -0.05) is 65.7 Å². The predicted molar refractivity (Wildman–Crippen MR) is 156 cm³/mol. The second-order valence-corrected chi connectivity index (χ2v) is 11.5. The van der Waals surface area contributed by atoms with E-state index in [1.54, 1.807) is 22.0 Å². The third-order valence-corrected chi connectivity index (χ3v) is 8.91. The summed E-state index contributed by atoms with van der Waals surface area (Å²) in [5, 5.41) is 1.81. The molecular formula is C31H28ClN3O3S. The molecule has 0 aliphatic carbocycles. The van der Waals surface area contributed by atoms with Crippen molar-refractivity contribution in [2.45, 2.75) is 38.6 Å². The summed E-state index contributed by atoms with van der Waals surface area (Å²) in [4.78, 5) is 33.5. The average molecular weight is 558 g/mol. The first-order valence-electron chi connectivity index (χ1n) is 13.2. The fourth-order valence-corrected chi connectivity index (χ4v) is 6.57. The molecule has 8 heteroatoms. The fourth-order valence-electron chi connectivity index (χ4n) is 5.18. The summed E-state index contributed by atoms with van der Waals surface area (Å²) in [6.45, 7) is 3.76. The molecule has 1 fully saturated rings. The van der Waals surface area contributed by atoms with Crippen LogP contribution in [-0.4, -0.2) is 33.4 Å². The van der Waals surface area contributed by atoms with Crippen LogP contribution in [0.25, 0.3) is 32.8 Å². The summed E-state index contributed by atoms with van der Waals surface area (Å²) >= 11 is 7.90. The molecule has 5 aromatic rings. The van der Waals surface area contributed by atoms with Crippen molar-refractivity contribution in [3.63, 3.8) is 0 Å². The number of amides is 1. The maximum atomic E-state index is 13.0. The van der Waals surface area contributed by atoms with Gasteiger partial charge in [-0.05, 0) is 49.6 Å². The highest BCUT2D eigenvalue weighted by atomic mass is 35.5. The van der Waals surface area contributed by atoms with E-state index in [4.69, 9.17) is 21.0 Å². The van der Waals surface area contributed by atoms with Crippen molar-refractivity contribution >= 4 is 39.9 Å². The van der Waals surface area contributed by atoms with Crippen LogP contribution in [0.1, 0.15) is 35.8 Å². The van der Waals surface area contributed by atoms with Crippen LogP contribution in [0.4, 0.5) is 0 Å². The topological polar surface area (TPSA) is 68.3 Å². The Balaban J connectivity index is 1.16. The first-order valence-corrected chi connectivity index (χ1v) is 14.4. The van der Waals surface area contributed by atoms with E-state index in [-0.39, 0.29) is 12.3 Å². The maximum absolute atomic E-state index is 13.0. The Morgan fingerprint density at radius 3 is 2.44 bits per heavy atom. The molecule has 198 valence electrons. The number of likely N-dealkylation sites (tertiary alicyclic amines) is 1. The number of benzene rings is 3. The van der Waals surface area contributed by atoms with E-state index in [0.29, 0.717) is 36.2 Å². The van der Waals surface area contributed by atoms with Crippen LogP contribution in [0.3, 0.4) is 0 Å². The lowest BCUT2D eigenvalue weighted by atomic mass is 9.97. The highest BCUT2D eigenvalue weighted by Gasteiger charge is 2.27. The van der Waals surface area contributed by atoms with Crippen LogP contribution in [0.2, 0.25) is 5.02 Å². The van der Waals surface area contributed by atoms with Gasteiger partial charge in [-0.15, -0.1) is 11.3 Å². The Labute approximate surface area is 235 Å². The standard InChI is InChI=1S/C31H28ClN3O3S/c1-20-6-8-22(9-7-20)29-28(21-10-12-24(32)13-11-21)33-30(39-29)23-14-17-34(18-15-23)27(36)16-19-35-25-4-2-3-5-26(25)38-31(35)37/h2-13,23H,14-19H2,1H3. The lowest BCUT2D eigenvalue weighted by molar-refractivity contribution is -0.132. The third kappa shape index (κ3) is 5.29. The van der Waals surface area contributed by atoms with E-state index in [1.165, 1.54) is 5.56 Å². The monoisotopic (exact) mass is 557 g/mol. The Hall–Kier alpha value is -3.68.